The summed E-state index contributed by atoms with van der Waals surface area (Å²) in [7, 11) is -2.71. The van der Waals surface area contributed by atoms with Crippen LogP contribution in [-0.2, 0) is 21.5 Å². The zero-order valence-corrected chi connectivity index (χ0v) is 21.0. The lowest BCUT2D eigenvalue weighted by Gasteiger charge is -2.14. The predicted octanol–water partition coefficient (Wildman–Crippen LogP) is 5.32. The van der Waals surface area contributed by atoms with Crippen molar-refractivity contribution in [3.05, 3.63) is 93.9 Å². The van der Waals surface area contributed by atoms with Crippen molar-refractivity contribution >= 4 is 39.1 Å². The molecule has 0 bridgehead atoms. The minimum Gasteiger partial charge on any atom is -0.493 e. The Morgan fingerprint density at radius 3 is 2.34 bits per heavy atom. The van der Waals surface area contributed by atoms with Crippen molar-refractivity contribution in [2.24, 2.45) is 0 Å². The molecule has 0 aliphatic carbocycles. The normalized spacial score (nSPS) is 15.1. The highest BCUT2D eigenvalue weighted by Crippen LogP contribution is 2.36. The van der Waals surface area contributed by atoms with Gasteiger partial charge in [-0.15, -0.1) is 0 Å². The molecule has 1 saturated heterocycles. The molecular formula is C26H23NO6S2. The zero-order chi connectivity index (χ0) is 25.2. The van der Waals surface area contributed by atoms with E-state index in [1.165, 1.54) is 36.3 Å². The molecule has 35 heavy (non-hydrogen) atoms. The third-order valence-corrected chi connectivity index (χ3v) is 7.61. The largest absolute Gasteiger partial charge is 0.493 e. The van der Waals surface area contributed by atoms with Gasteiger partial charge in [-0.25, -0.2) is 0 Å². The maximum atomic E-state index is 12.9. The first-order chi connectivity index (χ1) is 16.7. The van der Waals surface area contributed by atoms with Crippen molar-refractivity contribution in [3.63, 3.8) is 0 Å². The molecule has 3 aromatic rings. The lowest BCUT2D eigenvalue weighted by Crippen LogP contribution is -2.27. The van der Waals surface area contributed by atoms with Crippen LogP contribution >= 0.6 is 11.8 Å². The second-order valence-electron chi connectivity index (χ2n) is 7.96. The van der Waals surface area contributed by atoms with Crippen molar-refractivity contribution in [1.82, 2.24) is 4.90 Å². The zero-order valence-electron chi connectivity index (χ0n) is 19.3. The minimum absolute atomic E-state index is 0.00730. The molecular weight excluding hydrogens is 486 g/mol. The quantitative estimate of drug-likeness (QED) is 0.315. The second-order valence-corrected chi connectivity index (χ2v) is 10.5. The Labute approximate surface area is 208 Å². The first kappa shape index (κ1) is 24.6. The fourth-order valence-electron chi connectivity index (χ4n) is 3.46. The molecule has 1 fully saturated rings. The van der Waals surface area contributed by atoms with Crippen LogP contribution in [0.5, 0.6) is 11.5 Å². The van der Waals surface area contributed by atoms with E-state index in [0.29, 0.717) is 5.56 Å². The van der Waals surface area contributed by atoms with E-state index in [4.69, 9.17) is 8.92 Å². The summed E-state index contributed by atoms with van der Waals surface area (Å²) in [6.45, 7) is 3.96. The van der Waals surface area contributed by atoms with E-state index in [1.807, 2.05) is 38.1 Å². The summed E-state index contributed by atoms with van der Waals surface area (Å²) in [6, 6.07) is 18.5. The lowest BCUT2D eigenvalue weighted by atomic mass is 10.1. The van der Waals surface area contributed by atoms with Gasteiger partial charge in [0.15, 0.2) is 11.5 Å². The summed E-state index contributed by atoms with van der Waals surface area (Å²) in [5.74, 6) is -0.222. The molecule has 0 N–H and O–H groups in total. The molecule has 7 nitrogen and oxygen atoms in total. The Morgan fingerprint density at radius 2 is 1.66 bits per heavy atom. The number of carbonyl (C=O) groups is 2. The number of aryl methyl sites for hydroxylation is 2. The van der Waals surface area contributed by atoms with Crippen molar-refractivity contribution in [2.45, 2.75) is 25.3 Å². The highest BCUT2D eigenvalue weighted by Gasteiger charge is 2.35. The lowest BCUT2D eigenvalue weighted by molar-refractivity contribution is -0.123. The molecule has 9 heteroatoms. The van der Waals surface area contributed by atoms with Gasteiger partial charge in [-0.3, -0.25) is 14.5 Å². The van der Waals surface area contributed by atoms with Gasteiger partial charge in [-0.05, 0) is 72.6 Å². The number of hydrogen-bond donors (Lipinski definition) is 0. The molecule has 4 rings (SSSR count). The number of imide groups is 1. The van der Waals surface area contributed by atoms with Gasteiger partial charge in [-0.1, -0.05) is 48.0 Å². The molecule has 0 radical (unpaired) electrons. The summed E-state index contributed by atoms with van der Waals surface area (Å²) in [5.41, 5.74) is 3.28. The number of ether oxygens (including phenoxy) is 1. The Kier molecular flexibility index (Phi) is 7.00. The van der Waals surface area contributed by atoms with Crippen LogP contribution in [0.3, 0.4) is 0 Å². The smallest absolute Gasteiger partial charge is 0.339 e. The first-order valence-corrected chi connectivity index (χ1v) is 12.9. The molecule has 1 aliphatic heterocycles. The molecule has 2 amide bonds. The van der Waals surface area contributed by atoms with Crippen molar-refractivity contribution in [3.8, 4) is 11.5 Å². The number of nitrogens with zero attached hydrogens (tertiary/aromatic N) is 1. The molecule has 0 saturated carbocycles. The minimum atomic E-state index is -4.11. The summed E-state index contributed by atoms with van der Waals surface area (Å²) in [4.78, 5) is 26.9. The van der Waals surface area contributed by atoms with Crippen LogP contribution in [-0.4, -0.2) is 31.6 Å². The van der Waals surface area contributed by atoms with E-state index in [-0.39, 0.29) is 33.1 Å². The van der Waals surface area contributed by atoms with Crippen LogP contribution in [0.25, 0.3) is 6.08 Å². The Balaban J connectivity index is 1.60. The average molecular weight is 510 g/mol. The van der Waals surface area contributed by atoms with Crippen LogP contribution in [0, 0.1) is 13.8 Å². The van der Waals surface area contributed by atoms with Crippen molar-refractivity contribution in [2.75, 3.05) is 7.11 Å². The van der Waals surface area contributed by atoms with Crippen molar-refractivity contribution in [1.29, 1.82) is 0 Å². The highest BCUT2D eigenvalue weighted by atomic mass is 32.2. The number of thioether (sulfide) groups is 1. The monoisotopic (exact) mass is 509 g/mol. The van der Waals surface area contributed by atoms with E-state index in [1.54, 1.807) is 24.3 Å². The van der Waals surface area contributed by atoms with Crippen LogP contribution in [0.4, 0.5) is 4.79 Å². The number of benzene rings is 3. The van der Waals surface area contributed by atoms with Gasteiger partial charge in [0.25, 0.3) is 11.1 Å². The topological polar surface area (TPSA) is 90.0 Å². The van der Waals surface area contributed by atoms with Crippen LogP contribution < -0.4 is 8.92 Å². The molecule has 1 heterocycles. The number of rotatable bonds is 7. The highest BCUT2D eigenvalue weighted by molar-refractivity contribution is 8.18. The van der Waals surface area contributed by atoms with Crippen molar-refractivity contribution < 1.29 is 26.9 Å². The molecule has 0 aromatic heterocycles. The third kappa shape index (κ3) is 5.41. The molecule has 1 aliphatic rings. The van der Waals surface area contributed by atoms with Gasteiger partial charge in [-0.2, -0.15) is 8.42 Å². The summed E-state index contributed by atoms with van der Waals surface area (Å²) < 4.78 is 36.2. The van der Waals surface area contributed by atoms with Crippen LogP contribution in [0.15, 0.2) is 76.5 Å². The first-order valence-electron chi connectivity index (χ1n) is 10.7. The summed E-state index contributed by atoms with van der Waals surface area (Å²) in [6.07, 6.45) is 1.54. The second kappa shape index (κ2) is 9.97. The van der Waals surface area contributed by atoms with E-state index in [2.05, 4.69) is 0 Å². The Morgan fingerprint density at radius 1 is 0.943 bits per heavy atom. The van der Waals surface area contributed by atoms with Gasteiger partial charge in [0.2, 0.25) is 0 Å². The number of methoxy groups -OCH3 is 1. The van der Waals surface area contributed by atoms with E-state index >= 15 is 0 Å². The van der Waals surface area contributed by atoms with Gasteiger partial charge in [0.1, 0.15) is 4.90 Å². The van der Waals surface area contributed by atoms with Crippen LogP contribution in [0.1, 0.15) is 22.3 Å². The van der Waals surface area contributed by atoms with E-state index in [9.17, 15) is 18.0 Å². The molecule has 0 atom stereocenters. The van der Waals surface area contributed by atoms with Gasteiger partial charge in [0.05, 0.1) is 18.6 Å². The van der Waals surface area contributed by atoms with Gasteiger partial charge < -0.3 is 8.92 Å². The number of carbonyl (C=O) groups excluding carboxylic acids is 2. The fraction of sp³-hybridized carbons (Fsp3) is 0.154. The fourth-order valence-corrected chi connectivity index (χ4v) is 5.24. The number of hydrogen-bond acceptors (Lipinski definition) is 7. The number of amides is 2. The average Bonchev–Trinajstić information content (AvgIpc) is 3.08. The molecule has 0 spiro atoms. The molecule has 180 valence electrons. The summed E-state index contributed by atoms with van der Waals surface area (Å²) in [5, 5.41) is -0.364. The predicted molar refractivity (Wildman–Crippen MR) is 135 cm³/mol. The van der Waals surface area contributed by atoms with E-state index < -0.39 is 16.0 Å². The Bertz CT molecular complexity index is 1430. The molecule has 0 unspecified atom stereocenters. The SMILES string of the molecule is COc1ccc(/C=C2\SC(=O)N(Cc3ccccc3C)C2=O)cc1OS(=O)(=O)c1ccc(C)cc1. The Hall–Kier alpha value is -3.56. The summed E-state index contributed by atoms with van der Waals surface area (Å²) >= 11 is 0.837. The maximum Gasteiger partial charge on any atom is 0.339 e. The van der Waals surface area contributed by atoms with Gasteiger partial charge >= 0.3 is 10.1 Å². The van der Waals surface area contributed by atoms with Gasteiger partial charge in [0, 0.05) is 0 Å². The standard InChI is InChI=1S/C26H23NO6S2/c1-17-8-11-21(12-9-17)35(30,31)33-23-14-19(10-13-22(23)32-3)15-24-25(28)27(26(29)34-24)16-20-7-5-4-6-18(20)2/h4-15H,16H2,1-3H3/b24-15-. The van der Waals surface area contributed by atoms with E-state index in [0.717, 1.165) is 28.5 Å². The maximum absolute atomic E-state index is 12.9. The third-order valence-electron chi connectivity index (χ3n) is 5.46. The molecule has 3 aromatic carbocycles. The van der Waals surface area contributed by atoms with Crippen LogP contribution in [0.2, 0.25) is 0 Å².